The van der Waals surface area contributed by atoms with Crippen LogP contribution in [0.2, 0.25) is 0 Å². The summed E-state index contributed by atoms with van der Waals surface area (Å²) >= 11 is 0. The number of phenolic OH excluding ortho intramolecular Hbond substituents is 1. The lowest BCUT2D eigenvalue weighted by atomic mass is 10.1. The van der Waals surface area contributed by atoms with Crippen LogP contribution in [0.1, 0.15) is 43.5 Å². The monoisotopic (exact) mass is 453 g/mol. The van der Waals surface area contributed by atoms with Gasteiger partial charge in [-0.15, -0.1) is 0 Å². The van der Waals surface area contributed by atoms with Crippen molar-refractivity contribution in [1.82, 2.24) is 14.5 Å². The smallest absolute Gasteiger partial charge is 0.140 e. The van der Waals surface area contributed by atoms with Gasteiger partial charge in [-0.05, 0) is 44.0 Å². The number of aromatic hydroxyl groups is 1. The van der Waals surface area contributed by atoms with Crippen LogP contribution in [-0.4, -0.2) is 26.1 Å². The lowest BCUT2D eigenvalue weighted by molar-refractivity contribution is 0.246. The molecule has 0 aliphatic rings. The molecule has 4 rings (SSSR count). The van der Waals surface area contributed by atoms with Crippen LogP contribution in [0.25, 0.3) is 22.6 Å². The van der Waals surface area contributed by atoms with E-state index in [0.717, 1.165) is 67.2 Å². The molecule has 0 aliphatic carbocycles. The average Bonchev–Trinajstić information content (AvgIpc) is 3.24. The molecule has 0 fully saturated rings. The lowest BCUT2D eigenvalue weighted by Crippen LogP contribution is -2.26. The van der Waals surface area contributed by atoms with Crippen molar-refractivity contribution in [3.8, 4) is 28.4 Å². The molecular weight excluding hydrogens is 418 g/mol. The highest BCUT2D eigenvalue weighted by Gasteiger charge is 2.21. The third-order valence-electron chi connectivity index (χ3n) is 6.34. The van der Waals surface area contributed by atoms with Gasteiger partial charge >= 0.3 is 0 Å². The quantitative estimate of drug-likeness (QED) is 0.280. The summed E-state index contributed by atoms with van der Waals surface area (Å²) in [5.41, 5.74) is 6.74. The van der Waals surface area contributed by atoms with Gasteiger partial charge < -0.3 is 9.67 Å². The molecule has 1 N–H and O–H groups in total. The first kappa shape index (κ1) is 23.8. The van der Waals surface area contributed by atoms with Gasteiger partial charge in [0.15, 0.2) is 0 Å². The summed E-state index contributed by atoms with van der Waals surface area (Å²) in [6.07, 6.45) is 2.29. The molecule has 176 valence electrons. The molecule has 0 saturated carbocycles. The molecule has 4 nitrogen and oxygen atoms in total. The number of imidazole rings is 1. The molecule has 34 heavy (non-hydrogen) atoms. The minimum absolute atomic E-state index is 0.354. The maximum absolute atomic E-state index is 9.97. The van der Waals surface area contributed by atoms with Crippen LogP contribution in [0.15, 0.2) is 78.9 Å². The molecule has 1 heterocycles. The van der Waals surface area contributed by atoms with Crippen molar-refractivity contribution < 1.29 is 5.11 Å². The summed E-state index contributed by atoms with van der Waals surface area (Å²) in [5.74, 6) is 1.37. The standard InChI is InChI=1S/C30H35N3O/c1-4-6-19-32(21-24-17-18-28(34)23(3)20-24)22-27-29(25-13-9-7-10-14-25)31-30(33(27)5-2)26-15-11-8-12-16-26/h7-18,20,34H,4-6,19,21-22H2,1-3H3. The fourth-order valence-electron chi connectivity index (χ4n) is 4.50. The maximum atomic E-state index is 9.97. The van der Waals surface area contributed by atoms with E-state index >= 15 is 0 Å². The summed E-state index contributed by atoms with van der Waals surface area (Å²) in [5, 5.41) is 9.97. The second-order valence-electron chi connectivity index (χ2n) is 8.89. The first-order valence-corrected chi connectivity index (χ1v) is 12.3. The zero-order valence-electron chi connectivity index (χ0n) is 20.5. The molecular formula is C30H35N3O. The number of hydrogen-bond donors (Lipinski definition) is 1. The van der Waals surface area contributed by atoms with Crippen molar-refractivity contribution in [2.24, 2.45) is 0 Å². The van der Waals surface area contributed by atoms with Gasteiger partial charge in [-0.25, -0.2) is 4.98 Å². The molecule has 4 heteroatoms. The number of unbranched alkanes of at least 4 members (excludes halogenated alkanes) is 1. The molecule has 4 aromatic rings. The average molecular weight is 454 g/mol. The Kier molecular flexibility index (Phi) is 7.81. The molecule has 0 atom stereocenters. The van der Waals surface area contributed by atoms with Crippen LogP contribution in [0.5, 0.6) is 5.75 Å². The second kappa shape index (κ2) is 11.2. The first-order valence-electron chi connectivity index (χ1n) is 12.3. The van der Waals surface area contributed by atoms with Gasteiger partial charge in [0.1, 0.15) is 11.6 Å². The van der Waals surface area contributed by atoms with Crippen molar-refractivity contribution >= 4 is 0 Å². The zero-order chi connectivity index (χ0) is 23.9. The van der Waals surface area contributed by atoms with Crippen LogP contribution in [0.3, 0.4) is 0 Å². The van der Waals surface area contributed by atoms with E-state index in [1.54, 1.807) is 0 Å². The van der Waals surface area contributed by atoms with Gasteiger partial charge in [0.05, 0.1) is 11.4 Å². The van der Waals surface area contributed by atoms with Crippen LogP contribution < -0.4 is 0 Å². The molecule has 0 saturated heterocycles. The number of benzene rings is 3. The van der Waals surface area contributed by atoms with Crippen molar-refractivity contribution in [1.29, 1.82) is 0 Å². The van der Waals surface area contributed by atoms with E-state index in [2.05, 4.69) is 84.0 Å². The Morgan fingerprint density at radius 1 is 0.853 bits per heavy atom. The van der Waals surface area contributed by atoms with E-state index in [4.69, 9.17) is 4.98 Å². The number of aromatic nitrogens is 2. The summed E-state index contributed by atoms with van der Waals surface area (Å²) in [4.78, 5) is 7.70. The van der Waals surface area contributed by atoms with Crippen molar-refractivity contribution in [2.45, 2.75) is 53.2 Å². The number of nitrogens with zero attached hydrogens (tertiary/aromatic N) is 3. The highest BCUT2D eigenvalue weighted by atomic mass is 16.3. The minimum atomic E-state index is 0.354. The zero-order valence-corrected chi connectivity index (χ0v) is 20.5. The van der Waals surface area contributed by atoms with Gasteiger partial charge in [-0.1, -0.05) is 86.1 Å². The summed E-state index contributed by atoms with van der Waals surface area (Å²) in [7, 11) is 0. The number of aryl methyl sites for hydroxylation is 1. The van der Waals surface area contributed by atoms with Crippen molar-refractivity contribution in [3.05, 3.63) is 95.7 Å². The number of hydrogen-bond acceptors (Lipinski definition) is 3. The van der Waals surface area contributed by atoms with Gasteiger partial charge in [-0.2, -0.15) is 0 Å². The van der Waals surface area contributed by atoms with E-state index in [0.29, 0.717) is 5.75 Å². The highest BCUT2D eigenvalue weighted by molar-refractivity contribution is 5.68. The van der Waals surface area contributed by atoms with Gasteiger partial charge in [0.2, 0.25) is 0 Å². The Balaban J connectivity index is 1.76. The SMILES string of the molecule is CCCCN(Cc1ccc(O)c(C)c1)Cc1c(-c2ccccc2)nc(-c2ccccc2)n1CC. The number of phenols is 1. The molecule has 0 radical (unpaired) electrons. The van der Waals surface area contributed by atoms with E-state index < -0.39 is 0 Å². The predicted molar refractivity (Wildman–Crippen MR) is 141 cm³/mol. The third kappa shape index (κ3) is 5.40. The Hall–Kier alpha value is -3.37. The molecule has 0 bridgehead atoms. The number of rotatable bonds is 10. The highest BCUT2D eigenvalue weighted by Crippen LogP contribution is 2.31. The van der Waals surface area contributed by atoms with Gasteiger partial charge in [-0.3, -0.25) is 4.90 Å². The predicted octanol–water partition coefficient (Wildman–Crippen LogP) is 7.05. The third-order valence-corrected chi connectivity index (χ3v) is 6.34. The second-order valence-corrected chi connectivity index (χ2v) is 8.89. The summed E-state index contributed by atoms with van der Waals surface area (Å²) in [6, 6.07) is 26.9. The molecule has 0 spiro atoms. The minimum Gasteiger partial charge on any atom is -0.508 e. The lowest BCUT2D eigenvalue weighted by Gasteiger charge is -2.24. The molecule has 3 aromatic carbocycles. The van der Waals surface area contributed by atoms with Crippen LogP contribution in [0, 0.1) is 6.92 Å². The molecule has 0 unspecified atom stereocenters. The van der Waals surface area contributed by atoms with Crippen LogP contribution in [0.4, 0.5) is 0 Å². The largest absolute Gasteiger partial charge is 0.508 e. The normalized spacial score (nSPS) is 11.3. The maximum Gasteiger partial charge on any atom is 0.140 e. The Morgan fingerprint density at radius 2 is 1.53 bits per heavy atom. The Labute approximate surface area is 203 Å². The summed E-state index contributed by atoms with van der Waals surface area (Å²) < 4.78 is 2.37. The Bertz CT molecular complexity index is 1200. The first-order chi connectivity index (χ1) is 16.6. The van der Waals surface area contributed by atoms with Gasteiger partial charge in [0.25, 0.3) is 0 Å². The fourth-order valence-corrected chi connectivity index (χ4v) is 4.50. The topological polar surface area (TPSA) is 41.3 Å². The fraction of sp³-hybridized carbons (Fsp3) is 0.300. The molecule has 0 aliphatic heterocycles. The van der Waals surface area contributed by atoms with Crippen LogP contribution >= 0.6 is 0 Å². The van der Waals surface area contributed by atoms with E-state index in [9.17, 15) is 5.11 Å². The summed E-state index contributed by atoms with van der Waals surface area (Å²) in [6.45, 7) is 9.93. The molecule has 0 amide bonds. The van der Waals surface area contributed by atoms with E-state index in [1.807, 2.05) is 25.1 Å². The van der Waals surface area contributed by atoms with Crippen LogP contribution in [-0.2, 0) is 19.6 Å². The van der Waals surface area contributed by atoms with Crippen molar-refractivity contribution in [2.75, 3.05) is 6.54 Å². The van der Waals surface area contributed by atoms with Gasteiger partial charge in [0, 0.05) is 30.8 Å². The van der Waals surface area contributed by atoms with E-state index in [1.165, 1.54) is 11.3 Å². The molecule has 1 aromatic heterocycles. The Morgan fingerprint density at radius 3 is 2.15 bits per heavy atom. The van der Waals surface area contributed by atoms with E-state index in [-0.39, 0.29) is 0 Å². The van der Waals surface area contributed by atoms with Crippen molar-refractivity contribution in [3.63, 3.8) is 0 Å².